The first-order chi connectivity index (χ1) is 11.8. The number of nitrogens with one attached hydrogen (secondary N) is 1. The van der Waals surface area contributed by atoms with Gasteiger partial charge in [0.2, 0.25) is 0 Å². The summed E-state index contributed by atoms with van der Waals surface area (Å²) in [5.74, 6) is 0.125. The molecule has 0 radical (unpaired) electrons. The molecule has 1 aliphatic rings. The first-order valence-electron chi connectivity index (χ1n) is 7.46. The lowest BCUT2D eigenvalue weighted by molar-refractivity contribution is -0.137. The van der Waals surface area contributed by atoms with Crippen molar-refractivity contribution in [1.29, 1.82) is 0 Å². The SMILES string of the molecule is O=C(Nc1cccc(F)c1)N1CCS[C@H]1c1cccc(C(F)(F)F)c1. The Balaban J connectivity index is 1.79. The van der Waals surface area contributed by atoms with Crippen LogP contribution in [-0.4, -0.2) is 23.2 Å². The molecule has 1 saturated heterocycles. The average molecular weight is 370 g/mol. The summed E-state index contributed by atoms with van der Waals surface area (Å²) in [5, 5.41) is 2.06. The van der Waals surface area contributed by atoms with Crippen molar-refractivity contribution >= 4 is 23.5 Å². The third-order valence-electron chi connectivity index (χ3n) is 3.73. The molecule has 2 aromatic carbocycles. The van der Waals surface area contributed by atoms with E-state index >= 15 is 0 Å². The Morgan fingerprint density at radius 2 is 1.92 bits per heavy atom. The maximum atomic E-state index is 13.2. The molecule has 1 heterocycles. The quantitative estimate of drug-likeness (QED) is 0.744. The van der Waals surface area contributed by atoms with E-state index in [1.54, 1.807) is 12.1 Å². The molecule has 0 unspecified atom stereocenters. The van der Waals surface area contributed by atoms with Gasteiger partial charge in [-0.25, -0.2) is 9.18 Å². The molecule has 2 amide bonds. The van der Waals surface area contributed by atoms with Crippen LogP contribution in [0.3, 0.4) is 0 Å². The molecule has 0 aromatic heterocycles. The van der Waals surface area contributed by atoms with Gasteiger partial charge in [0.1, 0.15) is 11.2 Å². The van der Waals surface area contributed by atoms with Crippen molar-refractivity contribution < 1.29 is 22.4 Å². The van der Waals surface area contributed by atoms with Crippen molar-refractivity contribution in [2.24, 2.45) is 0 Å². The molecule has 0 aliphatic carbocycles. The van der Waals surface area contributed by atoms with Crippen molar-refractivity contribution in [1.82, 2.24) is 4.90 Å². The minimum absolute atomic E-state index is 0.296. The van der Waals surface area contributed by atoms with Crippen LogP contribution < -0.4 is 5.32 Å². The summed E-state index contributed by atoms with van der Waals surface area (Å²) in [6.07, 6.45) is -4.44. The number of carbonyl (C=O) groups is 1. The lowest BCUT2D eigenvalue weighted by Crippen LogP contribution is -2.34. The minimum atomic E-state index is -4.44. The number of carbonyl (C=O) groups excluding carboxylic acids is 1. The number of hydrogen-bond donors (Lipinski definition) is 1. The van der Waals surface area contributed by atoms with Crippen LogP contribution in [0.15, 0.2) is 48.5 Å². The topological polar surface area (TPSA) is 32.3 Å². The lowest BCUT2D eigenvalue weighted by atomic mass is 10.1. The monoisotopic (exact) mass is 370 g/mol. The van der Waals surface area contributed by atoms with E-state index in [9.17, 15) is 22.4 Å². The molecule has 0 saturated carbocycles. The molecule has 8 heteroatoms. The largest absolute Gasteiger partial charge is 0.416 e. The van der Waals surface area contributed by atoms with E-state index in [0.717, 1.165) is 12.1 Å². The van der Waals surface area contributed by atoms with Gasteiger partial charge < -0.3 is 10.2 Å². The molecule has 0 spiro atoms. The van der Waals surface area contributed by atoms with Gasteiger partial charge in [-0.2, -0.15) is 13.2 Å². The third-order valence-corrected chi connectivity index (χ3v) is 4.99. The molecule has 25 heavy (non-hydrogen) atoms. The number of alkyl halides is 3. The number of rotatable bonds is 2. The van der Waals surface area contributed by atoms with Gasteiger partial charge in [0.15, 0.2) is 0 Å². The molecule has 0 bridgehead atoms. The van der Waals surface area contributed by atoms with Gasteiger partial charge in [-0.15, -0.1) is 11.8 Å². The summed E-state index contributed by atoms with van der Waals surface area (Å²) in [5.41, 5.74) is -0.0422. The predicted octanol–water partition coefficient (Wildman–Crippen LogP) is 5.12. The predicted molar refractivity (Wildman–Crippen MR) is 88.8 cm³/mol. The van der Waals surface area contributed by atoms with Crippen LogP contribution in [-0.2, 0) is 6.18 Å². The highest BCUT2D eigenvalue weighted by Crippen LogP contribution is 2.40. The van der Waals surface area contributed by atoms with Crippen LogP contribution in [0.5, 0.6) is 0 Å². The fourth-order valence-corrected chi connectivity index (χ4v) is 3.83. The molecule has 1 N–H and O–H groups in total. The van der Waals surface area contributed by atoms with E-state index < -0.39 is 29.0 Å². The van der Waals surface area contributed by atoms with Gasteiger partial charge in [0.05, 0.1) is 5.56 Å². The summed E-state index contributed by atoms with van der Waals surface area (Å²) in [4.78, 5) is 13.9. The summed E-state index contributed by atoms with van der Waals surface area (Å²) < 4.78 is 51.9. The Morgan fingerprint density at radius 1 is 1.16 bits per heavy atom. The summed E-state index contributed by atoms with van der Waals surface area (Å²) in [6, 6.07) is 9.94. The summed E-state index contributed by atoms with van der Waals surface area (Å²) in [6.45, 7) is 0.396. The van der Waals surface area contributed by atoms with E-state index in [0.29, 0.717) is 23.5 Å². The molecule has 1 fully saturated rings. The van der Waals surface area contributed by atoms with E-state index in [4.69, 9.17) is 0 Å². The Hall–Kier alpha value is -2.22. The number of thioether (sulfide) groups is 1. The van der Waals surface area contributed by atoms with Gasteiger partial charge >= 0.3 is 12.2 Å². The van der Waals surface area contributed by atoms with Gasteiger partial charge in [-0.1, -0.05) is 18.2 Å². The van der Waals surface area contributed by atoms with Crippen molar-refractivity contribution in [3.63, 3.8) is 0 Å². The number of anilines is 1. The van der Waals surface area contributed by atoms with E-state index in [1.165, 1.54) is 40.9 Å². The van der Waals surface area contributed by atoms with Crippen molar-refractivity contribution in [2.45, 2.75) is 11.6 Å². The van der Waals surface area contributed by atoms with Crippen LogP contribution in [0.2, 0.25) is 0 Å². The molecule has 2 aromatic rings. The molecule has 132 valence electrons. The maximum absolute atomic E-state index is 13.2. The number of hydrogen-bond acceptors (Lipinski definition) is 2. The Bertz CT molecular complexity index is 781. The minimum Gasteiger partial charge on any atom is -0.308 e. The number of urea groups is 1. The van der Waals surface area contributed by atoms with Crippen LogP contribution in [0.25, 0.3) is 0 Å². The molecule has 1 atom stereocenters. The van der Waals surface area contributed by atoms with Gasteiger partial charge in [-0.3, -0.25) is 0 Å². The third kappa shape index (κ3) is 4.07. The second-order valence-corrected chi connectivity index (χ2v) is 6.67. The zero-order chi connectivity index (χ0) is 18.0. The zero-order valence-electron chi connectivity index (χ0n) is 12.9. The smallest absolute Gasteiger partial charge is 0.308 e. The maximum Gasteiger partial charge on any atom is 0.416 e. The second kappa shape index (κ2) is 6.95. The molecule has 1 aliphatic heterocycles. The van der Waals surface area contributed by atoms with Gasteiger partial charge in [0, 0.05) is 18.0 Å². The van der Waals surface area contributed by atoms with Crippen LogP contribution in [0.1, 0.15) is 16.5 Å². The normalized spacial score (nSPS) is 17.6. The average Bonchev–Trinajstić information content (AvgIpc) is 3.04. The van der Waals surface area contributed by atoms with Gasteiger partial charge in [0.25, 0.3) is 0 Å². The highest BCUT2D eigenvalue weighted by atomic mass is 32.2. The van der Waals surface area contributed by atoms with E-state index in [1.807, 2.05) is 0 Å². The molecule has 3 nitrogen and oxygen atoms in total. The van der Waals surface area contributed by atoms with Crippen LogP contribution in [0.4, 0.5) is 28.0 Å². The van der Waals surface area contributed by atoms with Crippen molar-refractivity contribution in [2.75, 3.05) is 17.6 Å². The van der Waals surface area contributed by atoms with Crippen LogP contribution >= 0.6 is 11.8 Å². The molecular formula is C17H14F4N2OS. The van der Waals surface area contributed by atoms with E-state index in [-0.39, 0.29) is 0 Å². The molecular weight excluding hydrogens is 356 g/mol. The number of nitrogens with zero attached hydrogens (tertiary/aromatic N) is 1. The zero-order valence-corrected chi connectivity index (χ0v) is 13.7. The molecule has 3 rings (SSSR count). The Morgan fingerprint density at radius 3 is 2.64 bits per heavy atom. The number of halogens is 4. The van der Waals surface area contributed by atoms with Crippen molar-refractivity contribution in [3.05, 3.63) is 65.5 Å². The highest BCUT2D eigenvalue weighted by Gasteiger charge is 2.34. The van der Waals surface area contributed by atoms with Gasteiger partial charge in [-0.05, 0) is 35.9 Å². The first kappa shape index (κ1) is 17.6. The number of amides is 2. The fraction of sp³-hybridized carbons (Fsp3) is 0.235. The van der Waals surface area contributed by atoms with Crippen molar-refractivity contribution in [3.8, 4) is 0 Å². The highest BCUT2D eigenvalue weighted by molar-refractivity contribution is 7.99. The standard InChI is InChI=1S/C17H14F4N2OS/c18-13-5-2-6-14(10-13)22-16(24)23-7-8-25-15(23)11-3-1-4-12(9-11)17(19,20)21/h1-6,9-10,15H,7-8H2,(H,22,24)/t15-/m0/s1. The fourth-order valence-electron chi connectivity index (χ4n) is 2.58. The lowest BCUT2D eigenvalue weighted by Gasteiger charge is -2.25. The summed E-state index contributed by atoms with van der Waals surface area (Å²) in [7, 11) is 0. The van der Waals surface area contributed by atoms with Crippen LogP contribution in [0, 0.1) is 5.82 Å². The summed E-state index contributed by atoms with van der Waals surface area (Å²) >= 11 is 1.39. The van der Waals surface area contributed by atoms with E-state index in [2.05, 4.69) is 5.32 Å². The first-order valence-corrected chi connectivity index (χ1v) is 8.51. The number of benzene rings is 2. The second-order valence-electron chi connectivity index (χ2n) is 5.48. The Kier molecular flexibility index (Phi) is 4.89. The Labute approximate surface area is 146 Å².